The Morgan fingerprint density at radius 2 is 1.90 bits per heavy atom. The van der Waals surface area contributed by atoms with Gasteiger partial charge in [-0.3, -0.25) is 14.9 Å². The van der Waals surface area contributed by atoms with Crippen molar-refractivity contribution >= 4 is 28.6 Å². The second-order valence-electron chi connectivity index (χ2n) is 6.08. The molecule has 2 aromatic heterocycles. The fraction of sp³-hybridized carbons (Fsp3) is 0.0500. The lowest BCUT2D eigenvalue weighted by atomic mass is 10.1. The highest BCUT2D eigenvalue weighted by molar-refractivity contribution is 7.13. The molecule has 0 aliphatic heterocycles. The van der Waals surface area contributed by atoms with Gasteiger partial charge in [0.15, 0.2) is 0 Å². The molecular weight excluding hydrogens is 392 g/mol. The minimum absolute atomic E-state index is 0.0695. The number of hydrogen-bond donors (Lipinski definition) is 1. The minimum Gasteiger partial charge on any atom is -0.339 e. The predicted octanol–water partition coefficient (Wildman–Crippen LogP) is 4.55. The average Bonchev–Trinajstić information content (AvgIpc) is 3.41. The first-order chi connectivity index (χ1) is 14.1. The van der Waals surface area contributed by atoms with Gasteiger partial charge in [0, 0.05) is 23.4 Å². The summed E-state index contributed by atoms with van der Waals surface area (Å²) in [6, 6.07) is 16.6. The van der Waals surface area contributed by atoms with Crippen LogP contribution in [-0.4, -0.2) is 21.0 Å². The summed E-state index contributed by atoms with van der Waals surface area (Å²) in [4.78, 5) is 28.1. The molecule has 0 saturated heterocycles. The van der Waals surface area contributed by atoms with E-state index in [2.05, 4.69) is 15.5 Å². The lowest BCUT2D eigenvalue weighted by molar-refractivity contribution is -0.384. The average molecular weight is 406 g/mol. The summed E-state index contributed by atoms with van der Waals surface area (Å²) in [5.41, 5.74) is 1.67. The fourth-order valence-corrected chi connectivity index (χ4v) is 3.37. The topological polar surface area (TPSA) is 111 Å². The number of nitrogens with zero attached hydrogens (tertiary/aromatic N) is 3. The van der Waals surface area contributed by atoms with E-state index in [9.17, 15) is 14.9 Å². The Hall–Kier alpha value is -3.85. The Bertz CT molecular complexity index is 1150. The molecule has 2 aromatic carbocycles. The van der Waals surface area contributed by atoms with Crippen molar-refractivity contribution in [2.24, 2.45) is 0 Å². The van der Waals surface area contributed by atoms with Crippen LogP contribution in [0.25, 0.3) is 10.7 Å². The second-order valence-corrected chi connectivity index (χ2v) is 7.03. The van der Waals surface area contributed by atoms with Crippen LogP contribution in [0.4, 0.5) is 11.4 Å². The summed E-state index contributed by atoms with van der Waals surface area (Å²) < 4.78 is 5.34. The van der Waals surface area contributed by atoms with E-state index in [4.69, 9.17) is 4.52 Å². The zero-order chi connectivity index (χ0) is 20.2. The van der Waals surface area contributed by atoms with Crippen LogP contribution in [0.2, 0.25) is 0 Å². The molecule has 0 unspecified atom stereocenters. The molecule has 4 aromatic rings. The Balaban J connectivity index is 1.51. The van der Waals surface area contributed by atoms with Crippen LogP contribution >= 0.6 is 11.3 Å². The molecule has 144 valence electrons. The summed E-state index contributed by atoms with van der Waals surface area (Å²) in [6.45, 7) is 0. The fourth-order valence-electron chi connectivity index (χ4n) is 2.72. The zero-order valence-corrected chi connectivity index (χ0v) is 15.8. The summed E-state index contributed by atoms with van der Waals surface area (Å²) in [5.74, 6) is 0.602. The smallest absolute Gasteiger partial charge is 0.269 e. The van der Waals surface area contributed by atoms with Crippen molar-refractivity contribution in [3.05, 3.63) is 93.2 Å². The van der Waals surface area contributed by atoms with Crippen molar-refractivity contribution < 1.29 is 14.2 Å². The quantitative estimate of drug-likeness (QED) is 0.371. The van der Waals surface area contributed by atoms with Crippen molar-refractivity contribution in [1.82, 2.24) is 10.1 Å². The van der Waals surface area contributed by atoms with Gasteiger partial charge in [0.1, 0.15) is 0 Å². The third-order valence-corrected chi connectivity index (χ3v) is 5.02. The zero-order valence-electron chi connectivity index (χ0n) is 14.9. The number of anilines is 1. The van der Waals surface area contributed by atoms with Crippen molar-refractivity contribution in [3.63, 3.8) is 0 Å². The first-order valence-corrected chi connectivity index (χ1v) is 9.48. The molecule has 0 radical (unpaired) electrons. The summed E-state index contributed by atoms with van der Waals surface area (Å²) in [6.07, 6.45) is 0.356. The van der Waals surface area contributed by atoms with Crippen molar-refractivity contribution in [2.75, 3.05) is 5.32 Å². The van der Waals surface area contributed by atoms with Gasteiger partial charge in [-0.05, 0) is 35.2 Å². The van der Waals surface area contributed by atoms with E-state index >= 15 is 0 Å². The molecule has 0 saturated carbocycles. The summed E-state index contributed by atoms with van der Waals surface area (Å²) >= 11 is 1.52. The molecular formula is C20H14N4O4S. The SMILES string of the molecule is O=C(Nc1ccccc1Cc1nc(-c2cccs2)no1)c1ccc([N+](=O)[O-])cc1. The molecule has 0 bridgehead atoms. The van der Waals surface area contributed by atoms with Gasteiger partial charge in [0.05, 0.1) is 16.2 Å². The number of nitro groups is 1. The van der Waals surface area contributed by atoms with Crippen molar-refractivity contribution in [1.29, 1.82) is 0 Å². The van der Waals surface area contributed by atoms with Crippen LogP contribution in [0.5, 0.6) is 0 Å². The molecule has 2 heterocycles. The highest BCUT2D eigenvalue weighted by atomic mass is 32.1. The third kappa shape index (κ3) is 4.19. The van der Waals surface area contributed by atoms with Gasteiger partial charge in [-0.25, -0.2) is 0 Å². The van der Waals surface area contributed by atoms with Gasteiger partial charge in [0.2, 0.25) is 11.7 Å². The van der Waals surface area contributed by atoms with Crippen LogP contribution in [0.1, 0.15) is 21.8 Å². The first-order valence-electron chi connectivity index (χ1n) is 8.60. The number of aromatic nitrogens is 2. The van der Waals surface area contributed by atoms with Crippen LogP contribution in [-0.2, 0) is 6.42 Å². The van der Waals surface area contributed by atoms with E-state index in [1.165, 1.54) is 35.6 Å². The summed E-state index contributed by atoms with van der Waals surface area (Å²) in [5, 5.41) is 19.5. The number of benzene rings is 2. The molecule has 8 nitrogen and oxygen atoms in total. The highest BCUT2D eigenvalue weighted by Crippen LogP contribution is 2.24. The van der Waals surface area contributed by atoms with Gasteiger partial charge in [-0.1, -0.05) is 29.4 Å². The molecule has 29 heavy (non-hydrogen) atoms. The standard InChI is InChI=1S/C20H14N4O4S/c25-20(13-7-9-15(10-8-13)24(26)27)21-16-5-2-1-4-14(16)12-18-22-19(23-28-18)17-6-3-11-29-17/h1-11H,12H2,(H,21,25). The maximum Gasteiger partial charge on any atom is 0.269 e. The van der Waals surface area contributed by atoms with Crippen LogP contribution in [0.3, 0.4) is 0 Å². The van der Waals surface area contributed by atoms with Crippen molar-refractivity contribution in [2.45, 2.75) is 6.42 Å². The molecule has 0 aliphatic carbocycles. The number of nitro benzene ring substituents is 1. The predicted molar refractivity (Wildman–Crippen MR) is 108 cm³/mol. The Kier molecular flexibility index (Phi) is 5.12. The molecule has 0 spiro atoms. The molecule has 9 heteroatoms. The molecule has 1 amide bonds. The number of nitrogens with one attached hydrogen (secondary N) is 1. The molecule has 0 fully saturated rings. The maximum absolute atomic E-state index is 12.5. The molecule has 0 aliphatic rings. The summed E-state index contributed by atoms with van der Waals surface area (Å²) in [7, 11) is 0. The van der Waals surface area contributed by atoms with E-state index in [1.807, 2.05) is 29.6 Å². The van der Waals surface area contributed by atoms with Gasteiger partial charge in [0.25, 0.3) is 11.6 Å². The van der Waals surface area contributed by atoms with E-state index in [1.54, 1.807) is 12.1 Å². The Morgan fingerprint density at radius 1 is 1.10 bits per heavy atom. The number of amides is 1. The third-order valence-electron chi connectivity index (χ3n) is 4.16. The number of carbonyl (C=O) groups is 1. The number of hydrogen-bond acceptors (Lipinski definition) is 7. The Labute approximate surface area is 169 Å². The number of para-hydroxylation sites is 1. The first kappa shape index (κ1) is 18.5. The molecule has 0 atom stereocenters. The Morgan fingerprint density at radius 3 is 2.62 bits per heavy atom. The van der Waals surface area contributed by atoms with Gasteiger partial charge < -0.3 is 9.84 Å². The maximum atomic E-state index is 12.5. The normalized spacial score (nSPS) is 10.6. The van der Waals surface area contributed by atoms with Crippen LogP contribution < -0.4 is 5.32 Å². The van der Waals surface area contributed by atoms with Crippen LogP contribution in [0.15, 0.2) is 70.6 Å². The van der Waals surface area contributed by atoms with Gasteiger partial charge >= 0.3 is 0 Å². The monoisotopic (exact) mass is 406 g/mol. The van der Waals surface area contributed by atoms with Gasteiger partial charge in [-0.2, -0.15) is 4.98 Å². The van der Waals surface area contributed by atoms with E-state index < -0.39 is 4.92 Å². The van der Waals surface area contributed by atoms with E-state index in [0.29, 0.717) is 29.4 Å². The molecule has 1 N–H and O–H groups in total. The van der Waals surface area contributed by atoms with Crippen LogP contribution in [0, 0.1) is 10.1 Å². The highest BCUT2D eigenvalue weighted by Gasteiger charge is 2.14. The minimum atomic E-state index is -0.508. The molecule has 4 rings (SSSR count). The number of rotatable bonds is 6. The van der Waals surface area contributed by atoms with E-state index in [-0.39, 0.29) is 11.6 Å². The van der Waals surface area contributed by atoms with E-state index in [0.717, 1.165) is 10.4 Å². The van der Waals surface area contributed by atoms with Gasteiger partial charge in [-0.15, -0.1) is 11.3 Å². The number of non-ortho nitro benzene ring substituents is 1. The largest absolute Gasteiger partial charge is 0.339 e. The lowest BCUT2D eigenvalue weighted by Gasteiger charge is -2.09. The second kappa shape index (κ2) is 8.03. The van der Waals surface area contributed by atoms with Crippen molar-refractivity contribution in [3.8, 4) is 10.7 Å². The number of thiophene rings is 1. The lowest BCUT2D eigenvalue weighted by Crippen LogP contribution is -2.13. The number of carbonyl (C=O) groups excluding carboxylic acids is 1.